The topological polar surface area (TPSA) is 49.9 Å². The second-order valence-corrected chi connectivity index (χ2v) is 7.91. The normalized spacial score (nSPS) is 27.3. The maximum absolute atomic E-state index is 13.4. The molecule has 1 spiro atoms. The molecule has 1 unspecified atom stereocenters. The molecular formula is C21H28N2O3. The fourth-order valence-electron chi connectivity index (χ4n) is 4.34. The third-order valence-corrected chi connectivity index (χ3v) is 6.14. The number of nitrogens with zero attached hydrogens (tertiary/aromatic N) is 2. The summed E-state index contributed by atoms with van der Waals surface area (Å²) in [6.07, 6.45) is 6.82. The first-order valence-corrected chi connectivity index (χ1v) is 9.97. The molecule has 0 N–H and O–H groups in total. The number of hydrogen-bond donors (Lipinski definition) is 0. The Morgan fingerprint density at radius 2 is 1.92 bits per heavy atom. The van der Waals surface area contributed by atoms with Crippen LogP contribution in [0.3, 0.4) is 0 Å². The molecule has 1 aromatic carbocycles. The molecule has 2 saturated heterocycles. The molecule has 2 heterocycles. The molecule has 0 radical (unpaired) electrons. The van der Waals surface area contributed by atoms with E-state index in [1.807, 2.05) is 40.1 Å². The fraction of sp³-hybridized carbons (Fsp3) is 0.619. The summed E-state index contributed by atoms with van der Waals surface area (Å²) in [4.78, 5) is 29.9. The van der Waals surface area contributed by atoms with Gasteiger partial charge in [-0.05, 0) is 50.2 Å². The van der Waals surface area contributed by atoms with E-state index >= 15 is 0 Å². The molecule has 1 aliphatic carbocycles. The second-order valence-electron chi connectivity index (χ2n) is 7.91. The summed E-state index contributed by atoms with van der Waals surface area (Å²) >= 11 is 0. The van der Waals surface area contributed by atoms with E-state index in [0.717, 1.165) is 18.5 Å². The van der Waals surface area contributed by atoms with Gasteiger partial charge in [-0.15, -0.1) is 0 Å². The van der Waals surface area contributed by atoms with E-state index in [0.29, 0.717) is 45.0 Å². The fourth-order valence-corrected chi connectivity index (χ4v) is 4.34. The van der Waals surface area contributed by atoms with Crippen molar-refractivity contribution in [1.29, 1.82) is 0 Å². The van der Waals surface area contributed by atoms with Crippen LogP contribution in [-0.4, -0.2) is 48.6 Å². The van der Waals surface area contributed by atoms with Crippen molar-refractivity contribution >= 4 is 17.5 Å². The predicted molar refractivity (Wildman–Crippen MR) is 99.9 cm³/mol. The molecule has 1 atom stereocenters. The summed E-state index contributed by atoms with van der Waals surface area (Å²) in [5.74, 6) is 0.759. The number of hydrogen-bond acceptors (Lipinski definition) is 3. The summed E-state index contributed by atoms with van der Waals surface area (Å²) in [6.45, 7) is 2.17. The molecule has 4 rings (SSSR count). The van der Waals surface area contributed by atoms with Crippen LogP contribution in [0.15, 0.2) is 30.3 Å². The van der Waals surface area contributed by atoms with Gasteiger partial charge in [-0.3, -0.25) is 9.59 Å². The summed E-state index contributed by atoms with van der Waals surface area (Å²) in [5, 5.41) is 0. The van der Waals surface area contributed by atoms with Crippen LogP contribution in [0, 0.1) is 5.92 Å². The van der Waals surface area contributed by atoms with Gasteiger partial charge in [0, 0.05) is 25.2 Å². The molecule has 2 amide bonds. The van der Waals surface area contributed by atoms with E-state index in [-0.39, 0.29) is 11.8 Å². The summed E-state index contributed by atoms with van der Waals surface area (Å²) in [7, 11) is 0. The van der Waals surface area contributed by atoms with Gasteiger partial charge >= 0.3 is 0 Å². The molecule has 5 heteroatoms. The largest absolute Gasteiger partial charge is 0.361 e. The standard InChI is InChI=1S/C21H28N2O3/c24-19(15-17-7-6-8-17)22-13-14-26-21(16-22)11-4-5-12-23(20(21)25)18-9-2-1-3-10-18/h1-3,9-10,17H,4-8,11-16H2. The Bertz CT molecular complexity index is 658. The Morgan fingerprint density at radius 1 is 1.12 bits per heavy atom. The lowest BCUT2D eigenvalue weighted by atomic mass is 9.82. The van der Waals surface area contributed by atoms with Gasteiger partial charge in [-0.2, -0.15) is 0 Å². The highest BCUT2D eigenvalue weighted by molar-refractivity contribution is 6.00. The van der Waals surface area contributed by atoms with Gasteiger partial charge in [0.25, 0.3) is 5.91 Å². The van der Waals surface area contributed by atoms with E-state index in [4.69, 9.17) is 4.74 Å². The van der Waals surface area contributed by atoms with Crippen molar-refractivity contribution in [2.45, 2.75) is 50.5 Å². The van der Waals surface area contributed by atoms with Crippen LogP contribution in [0.4, 0.5) is 5.69 Å². The van der Waals surface area contributed by atoms with Crippen LogP contribution in [0.5, 0.6) is 0 Å². The molecule has 26 heavy (non-hydrogen) atoms. The third kappa shape index (κ3) is 3.37. The van der Waals surface area contributed by atoms with E-state index in [2.05, 4.69) is 0 Å². The molecule has 3 fully saturated rings. The minimum absolute atomic E-state index is 0.0161. The zero-order chi connectivity index (χ0) is 18.0. The Hall–Kier alpha value is -1.88. The van der Waals surface area contributed by atoms with E-state index in [1.54, 1.807) is 0 Å². The van der Waals surface area contributed by atoms with E-state index in [1.165, 1.54) is 19.3 Å². The molecular weight excluding hydrogens is 328 g/mol. The molecule has 0 aromatic heterocycles. The summed E-state index contributed by atoms with van der Waals surface area (Å²) < 4.78 is 6.09. The lowest BCUT2D eigenvalue weighted by molar-refractivity contribution is -0.165. The van der Waals surface area contributed by atoms with Crippen molar-refractivity contribution < 1.29 is 14.3 Å². The first-order valence-electron chi connectivity index (χ1n) is 9.97. The minimum atomic E-state index is -0.875. The highest BCUT2D eigenvalue weighted by Gasteiger charge is 2.48. The van der Waals surface area contributed by atoms with Crippen molar-refractivity contribution in [2.24, 2.45) is 5.92 Å². The second kappa shape index (κ2) is 7.39. The Morgan fingerprint density at radius 3 is 2.65 bits per heavy atom. The molecule has 5 nitrogen and oxygen atoms in total. The average molecular weight is 356 g/mol. The molecule has 140 valence electrons. The van der Waals surface area contributed by atoms with Gasteiger partial charge in [0.1, 0.15) is 0 Å². The van der Waals surface area contributed by atoms with Gasteiger partial charge in [0.2, 0.25) is 5.91 Å². The number of morpholine rings is 1. The highest BCUT2D eigenvalue weighted by Crippen LogP contribution is 2.34. The van der Waals surface area contributed by atoms with Crippen LogP contribution in [0.1, 0.15) is 44.9 Å². The van der Waals surface area contributed by atoms with Crippen molar-refractivity contribution in [3.63, 3.8) is 0 Å². The van der Waals surface area contributed by atoms with Crippen LogP contribution < -0.4 is 4.90 Å². The van der Waals surface area contributed by atoms with Crippen LogP contribution in [-0.2, 0) is 14.3 Å². The van der Waals surface area contributed by atoms with Gasteiger partial charge in [0.05, 0.1) is 13.2 Å². The van der Waals surface area contributed by atoms with Crippen molar-refractivity contribution in [2.75, 3.05) is 31.1 Å². The van der Waals surface area contributed by atoms with E-state index in [9.17, 15) is 9.59 Å². The summed E-state index contributed by atoms with van der Waals surface area (Å²) in [6, 6.07) is 9.81. The van der Waals surface area contributed by atoms with E-state index < -0.39 is 5.60 Å². The third-order valence-electron chi connectivity index (χ3n) is 6.14. The first-order chi connectivity index (χ1) is 12.7. The maximum atomic E-state index is 13.4. The molecule has 2 aliphatic heterocycles. The van der Waals surface area contributed by atoms with Gasteiger partial charge in [0.15, 0.2) is 5.60 Å². The number of carbonyl (C=O) groups is 2. The van der Waals surface area contributed by atoms with Crippen LogP contribution in [0.2, 0.25) is 0 Å². The quantitative estimate of drug-likeness (QED) is 0.837. The lowest BCUT2D eigenvalue weighted by Crippen LogP contribution is -2.61. The number of amides is 2. The Labute approximate surface area is 155 Å². The Balaban J connectivity index is 1.52. The molecule has 1 saturated carbocycles. The molecule has 3 aliphatic rings. The smallest absolute Gasteiger partial charge is 0.261 e. The van der Waals surface area contributed by atoms with Crippen LogP contribution in [0.25, 0.3) is 0 Å². The van der Waals surface area contributed by atoms with Crippen LogP contribution >= 0.6 is 0 Å². The van der Waals surface area contributed by atoms with Crippen molar-refractivity contribution in [3.05, 3.63) is 30.3 Å². The molecule has 1 aromatic rings. The number of benzene rings is 1. The highest BCUT2D eigenvalue weighted by atomic mass is 16.5. The number of para-hydroxylation sites is 1. The minimum Gasteiger partial charge on any atom is -0.361 e. The van der Waals surface area contributed by atoms with Crippen molar-refractivity contribution in [3.8, 4) is 0 Å². The number of anilines is 1. The Kier molecular flexibility index (Phi) is 4.98. The lowest BCUT2D eigenvalue weighted by Gasteiger charge is -2.43. The monoisotopic (exact) mass is 356 g/mol. The zero-order valence-electron chi connectivity index (χ0n) is 15.4. The van der Waals surface area contributed by atoms with Gasteiger partial charge in [-0.1, -0.05) is 24.6 Å². The van der Waals surface area contributed by atoms with Crippen molar-refractivity contribution in [1.82, 2.24) is 4.90 Å². The number of carbonyl (C=O) groups excluding carboxylic acids is 2. The SMILES string of the molecule is O=C(CC1CCC1)N1CCOC2(CCCCN(c3ccccc3)C2=O)C1. The van der Waals surface area contributed by atoms with Gasteiger partial charge < -0.3 is 14.5 Å². The average Bonchev–Trinajstić information content (AvgIpc) is 2.79. The first kappa shape index (κ1) is 17.5. The molecule has 0 bridgehead atoms. The zero-order valence-corrected chi connectivity index (χ0v) is 15.4. The van der Waals surface area contributed by atoms with Gasteiger partial charge in [-0.25, -0.2) is 0 Å². The number of rotatable bonds is 3. The predicted octanol–water partition coefficient (Wildman–Crippen LogP) is 2.99. The number of ether oxygens (including phenoxy) is 1. The maximum Gasteiger partial charge on any atom is 0.261 e. The summed E-state index contributed by atoms with van der Waals surface area (Å²) in [5.41, 5.74) is 0.0418.